The summed E-state index contributed by atoms with van der Waals surface area (Å²) in [4.78, 5) is 11.7. The highest BCUT2D eigenvalue weighted by atomic mass is 32.2. The van der Waals surface area contributed by atoms with Gasteiger partial charge in [0.1, 0.15) is 0 Å². The van der Waals surface area contributed by atoms with E-state index >= 15 is 0 Å². The number of rotatable bonds is 5. The third-order valence-electron chi connectivity index (χ3n) is 1.72. The number of amides is 2. The van der Waals surface area contributed by atoms with Gasteiger partial charge in [-0.15, -0.1) is 6.58 Å². The zero-order valence-electron chi connectivity index (χ0n) is 8.95. The zero-order valence-corrected chi connectivity index (χ0v) is 9.77. The first-order chi connectivity index (χ1) is 8.11. The van der Waals surface area contributed by atoms with Crippen LogP contribution in [0.3, 0.4) is 0 Å². The molecule has 92 valence electrons. The van der Waals surface area contributed by atoms with Crippen LogP contribution in [0.1, 0.15) is 0 Å². The van der Waals surface area contributed by atoms with Crippen LogP contribution in [0.2, 0.25) is 0 Å². The number of halogens is 2. The molecule has 0 aliphatic carbocycles. The van der Waals surface area contributed by atoms with Crippen molar-refractivity contribution in [2.45, 2.75) is 10.7 Å². The number of urea groups is 1. The van der Waals surface area contributed by atoms with E-state index in [1.54, 1.807) is 24.3 Å². The Bertz CT molecular complexity index is 399. The largest absolute Gasteiger partial charge is 0.334 e. The lowest BCUT2D eigenvalue weighted by molar-refractivity contribution is 0.252. The number of carbonyl (C=O) groups excluding carboxylic acids is 1. The van der Waals surface area contributed by atoms with E-state index in [2.05, 4.69) is 17.2 Å². The Labute approximate surface area is 102 Å². The summed E-state index contributed by atoms with van der Waals surface area (Å²) >= 11 is 0.436. The molecule has 2 N–H and O–H groups in total. The second-order valence-corrected chi connectivity index (χ2v) is 4.09. The van der Waals surface area contributed by atoms with E-state index in [0.717, 1.165) is 0 Å². The molecule has 0 atom stereocenters. The van der Waals surface area contributed by atoms with Crippen LogP contribution < -0.4 is 10.6 Å². The average Bonchev–Trinajstić information content (AvgIpc) is 2.26. The van der Waals surface area contributed by atoms with Gasteiger partial charge in [0.25, 0.3) is 5.76 Å². The van der Waals surface area contributed by atoms with Crippen LogP contribution in [0.25, 0.3) is 0 Å². The number of alkyl halides is 2. The van der Waals surface area contributed by atoms with Crippen molar-refractivity contribution in [2.75, 3.05) is 11.9 Å². The SMILES string of the molecule is C=CCNC(=O)Nc1cccc(SC(F)F)c1. The molecular formula is C11H12F2N2OS. The summed E-state index contributed by atoms with van der Waals surface area (Å²) in [5, 5.41) is 5.05. The molecule has 0 fully saturated rings. The number of hydrogen-bond acceptors (Lipinski definition) is 2. The van der Waals surface area contributed by atoms with Crippen LogP contribution in [0.5, 0.6) is 0 Å². The van der Waals surface area contributed by atoms with Crippen molar-refractivity contribution >= 4 is 23.5 Å². The molecule has 3 nitrogen and oxygen atoms in total. The Hall–Kier alpha value is -1.56. The van der Waals surface area contributed by atoms with E-state index in [1.165, 1.54) is 6.07 Å². The third-order valence-corrected chi connectivity index (χ3v) is 2.43. The third kappa shape index (κ3) is 5.35. The Kier molecular flexibility index (Phi) is 5.48. The molecule has 17 heavy (non-hydrogen) atoms. The smallest absolute Gasteiger partial charge is 0.319 e. The lowest BCUT2D eigenvalue weighted by atomic mass is 10.3. The average molecular weight is 258 g/mol. The summed E-state index contributed by atoms with van der Waals surface area (Å²) < 4.78 is 24.3. The molecule has 0 aliphatic rings. The van der Waals surface area contributed by atoms with Gasteiger partial charge in [-0.2, -0.15) is 8.78 Å². The molecule has 0 unspecified atom stereocenters. The molecule has 0 bridgehead atoms. The van der Waals surface area contributed by atoms with E-state index in [1.807, 2.05) is 0 Å². The fourth-order valence-electron chi connectivity index (χ4n) is 1.09. The van der Waals surface area contributed by atoms with Crippen LogP contribution in [-0.4, -0.2) is 18.3 Å². The van der Waals surface area contributed by atoms with Gasteiger partial charge in [-0.25, -0.2) is 4.79 Å². The fourth-order valence-corrected chi connectivity index (χ4v) is 1.65. The summed E-state index contributed by atoms with van der Waals surface area (Å²) in [6.45, 7) is 3.80. The van der Waals surface area contributed by atoms with E-state index in [9.17, 15) is 13.6 Å². The Balaban J connectivity index is 2.58. The molecule has 0 saturated heterocycles. The minimum atomic E-state index is -2.47. The van der Waals surface area contributed by atoms with Crippen LogP contribution in [-0.2, 0) is 0 Å². The molecule has 1 aromatic carbocycles. The number of benzene rings is 1. The number of thioether (sulfide) groups is 1. The Morgan fingerprint density at radius 2 is 2.29 bits per heavy atom. The van der Waals surface area contributed by atoms with Gasteiger partial charge >= 0.3 is 6.03 Å². The lowest BCUT2D eigenvalue weighted by Gasteiger charge is -2.07. The van der Waals surface area contributed by atoms with Crippen LogP contribution in [0, 0.1) is 0 Å². The van der Waals surface area contributed by atoms with Gasteiger partial charge in [0.15, 0.2) is 0 Å². The highest BCUT2D eigenvalue weighted by Crippen LogP contribution is 2.26. The van der Waals surface area contributed by atoms with Crippen LogP contribution in [0.4, 0.5) is 19.3 Å². The van der Waals surface area contributed by atoms with E-state index < -0.39 is 11.8 Å². The monoisotopic (exact) mass is 258 g/mol. The fraction of sp³-hybridized carbons (Fsp3) is 0.182. The molecule has 2 amide bonds. The normalized spacial score (nSPS) is 10.1. The van der Waals surface area contributed by atoms with Gasteiger partial charge in [-0.05, 0) is 18.2 Å². The number of anilines is 1. The van der Waals surface area contributed by atoms with Gasteiger partial charge in [-0.3, -0.25) is 0 Å². The molecule has 0 aromatic heterocycles. The van der Waals surface area contributed by atoms with Crippen molar-refractivity contribution in [1.29, 1.82) is 0 Å². The molecule has 1 aromatic rings. The van der Waals surface area contributed by atoms with Crippen molar-refractivity contribution in [1.82, 2.24) is 5.32 Å². The molecule has 0 spiro atoms. The van der Waals surface area contributed by atoms with Gasteiger partial charge in [0.2, 0.25) is 0 Å². The summed E-state index contributed by atoms with van der Waals surface area (Å²) in [6.07, 6.45) is 1.54. The van der Waals surface area contributed by atoms with Crippen LogP contribution >= 0.6 is 11.8 Å². The van der Waals surface area contributed by atoms with Crippen molar-refractivity contribution in [3.8, 4) is 0 Å². The van der Waals surface area contributed by atoms with E-state index in [-0.39, 0.29) is 0 Å². The van der Waals surface area contributed by atoms with Gasteiger partial charge in [0, 0.05) is 17.1 Å². The predicted molar refractivity (Wildman–Crippen MR) is 65.5 cm³/mol. The maximum absolute atomic E-state index is 12.1. The number of nitrogens with one attached hydrogen (secondary N) is 2. The molecule has 0 radical (unpaired) electrons. The molecule has 0 saturated carbocycles. The maximum Gasteiger partial charge on any atom is 0.319 e. The van der Waals surface area contributed by atoms with Gasteiger partial charge < -0.3 is 10.6 Å². The van der Waals surface area contributed by atoms with Gasteiger partial charge in [0.05, 0.1) is 0 Å². The van der Waals surface area contributed by atoms with E-state index in [0.29, 0.717) is 28.9 Å². The predicted octanol–water partition coefficient (Wildman–Crippen LogP) is 3.31. The Morgan fingerprint density at radius 3 is 2.94 bits per heavy atom. The minimum absolute atomic E-state index is 0.345. The lowest BCUT2D eigenvalue weighted by Crippen LogP contribution is -2.28. The maximum atomic E-state index is 12.1. The highest BCUT2D eigenvalue weighted by Gasteiger charge is 2.06. The second-order valence-electron chi connectivity index (χ2n) is 3.03. The van der Waals surface area contributed by atoms with Crippen molar-refractivity contribution in [3.63, 3.8) is 0 Å². The summed E-state index contributed by atoms with van der Waals surface area (Å²) in [5.74, 6) is -2.47. The summed E-state index contributed by atoms with van der Waals surface area (Å²) in [7, 11) is 0. The second kappa shape index (κ2) is 6.90. The number of carbonyl (C=O) groups is 1. The molecular weight excluding hydrogens is 246 g/mol. The van der Waals surface area contributed by atoms with Crippen molar-refractivity contribution in [3.05, 3.63) is 36.9 Å². The first-order valence-electron chi connectivity index (χ1n) is 4.82. The first-order valence-corrected chi connectivity index (χ1v) is 5.70. The molecule has 0 aliphatic heterocycles. The molecule has 6 heteroatoms. The quantitative estimate of drug-likeness (QED) is 0.628. The van der Waals surface area contributed by atoms with Gasteiger partial charge in [-0.1, -0.05) is 23.9 Å². The van der Waals surface area contributed by atoms with Crippen LogP contribution in [0.15, 0.2) is 41.8 Å². The van der Waals surface area contributed by atoms with Crippen molar-refractivity contribution < 1.29 is 13.6 Å². The molecule has 0 heterocycles. The first kappa shape index (κ1) is 13.5. The standard InChI is InChI=1S/C11H12F2N2OS/c1-2-6-14-11(16)15-8-4-3-5-9(7-8)17-10(12)13/h2-5,7,10H,1,6H2,(H2,14,15,16). The highest BCUT2D eigenvalue weighted by molar-refractivity contribution is 7.99. The number of hydrogen-bond donors (Lipinski definition) is 2. The summed E-state index contributed by atoms with van der Waals surface area (Å²) in [5.41, 5.74) is 0.470. The topological polar surface area (TPSA) is 41.1 Å². The summed E-state index contributed by atoms with van der Waals surface area (Å²) in [6, 6.07) is 5.88. The Morgan fingerprint density at radius 1 is 1.53 bits per heavy atom. The molecule has 1 rings (SSSR count). The zero-order chi connectivity index (χ0) is 12.7. The van der Waals surface area contributed by atoms with Crippen molar-refractivity contribution in [2.24, 2.45) is 0 Å². The minimum Gasteiger partial charge on any atom is -0.334 e. The van der Waals surface area contributed by atoms with E-state index in [4.69, 9.17) is 0 Å².